The summed E-state index contributed by atoms with van der Waals surface area (Å²) >= 11 is 0. The molecule has 3 unspecified atom stereocenters. The second-order valence-corrected chi connectivity index (χ2v) is 15.8. The smallest absolute Gasteiger partial charge is 0.390 e. The van der Waals surface area contributed by atoms with E-state index in [1.807, 2.05) is 0 Å². The predicted octanol–water partition coefficient (Wildman–Crippen LogP) is 5.34. The van der Waals surface area contributed by atoms with Crippen LogP contribution in [0.3, 0.4) is 0 Å². The van der Waals surface area contributed by atoms with Crippen LogP contribution in [0.1, 0.15) is 115 Å². The predicted molar refractivity (Wildman–Crippen MR) is 164 cm³/mol. The number of aliphatic hydroxyl groups is 1. The number of nitrogens with one attached hydrogen (secondary N) is 1. The summed E-state index contributed by atoms with van der Waals surface area (Å²) in [6.07, 6.45) is 13.0. The van der Waals surface area contributed by atoms with E-state index < -0.39 is 59.8 Å². The molecule has 262 valence electrons. The normalized spacial score (nSPS) is 22.6. The van der Waals surface area contributed by atoms with Crippen LogP contribution in [0.15, 0.2) is 15.8 Å². The lowest BCUT2D eigenvalue weighted by atomic mass is 10.0. The first kappa shape index (κ1) is 40.2. The summed E-state index contributed by atoms with van der Waals surface area (Å²) in [6, 6.07) is 0. The van der Waals surface area contributed by atoms with Crippen molar-refractivity contribution in [3.05, 3.63) is 32.6 Å². The number of unbranched alkanes of at least 4 members (excludes halogenated alkanes) is 13. The molecule has 1 fully saturated rings. The number of nitrogens with zero attached hydrogens (tertiary/aromatic N) is 1. The Balaban J connectivity index is 1.64. The zero-order chi connectivity index (χ0) is 33.5. The molecule has 1 aliphatic heterocycles. The van der Waals surface area contributed by atoms with Gasteiger partial charge in [0.25, 0.3) is 5.56 Å². The number of phosphoric acid groups is 3. The molecular formula is C26H49N2O14P3. The van der Waals surface area contributed by atoms with E-state index >= 15 is 0 Å². The minimum atomic E-state index is -5.64. The Labute approximate surface area is 263 Å². The molecule has 45 heavy (non-hydrogen) atoms. The molecule has 0 radical (unpaired) electrons. The Morgan fingerprint density at radius 3 is 1.84 bits per heavy atom. The first-order valence-electron chi connectivity index (χ1n) is 15.5. The lowest BCUT2D eigenvalue weighted by molar-refractivity contribution is -0.0450. The van der Waals surface area contributed by atoms with Crippen LogP contribution in [0.25, 0.3) is 0 Å². The van der Waals surface area contributed by atoms with Crippen molar-refractivity contribution in [2.75, 3.05) is 13.2 Å². The molecule has 19 heteroatoms. The lowest BCUT2D eigenvalue weighted by Gasteiger charge is -2.20. The van der Waals surface area contributed by atoms with Gasteiger partial charge in [-0.1, -0.05) is 90.4 Å². The maximum atomic E-state index is 12.2. The number of aryl methyl sites for hydroxylation is 1. The highest BCUT2D eigenvalue weighted by Crippen LogP contribution is 2.67. The molecule has 0 saturated carbocycles. The molecule has 1 saturated heterocycles. The topological polar surface area (TPSA) is 233 Å². The van der Waals surface area contributed by atoms with Crippen LogP contribution in [0.4, 0.5) is 0 Å². The van der Waals surface area contributed by atoms with Gasteiger partial charge in [-0.25, -0.2) is 18.5 Å². The first-order valence-corrected chi connectivity index (χ1v) is 20.0. The number of aliphatic hydroxyl groups excluding tert-OH is 1. The molecule has 2 heterocycles. The Morgan fingerprint density at radius 2 is 1.31 bits per heavy atom. The average molecular weight is 707 g/mol. The SMILES string of the molecule is CCCCCCCCCCCCCCCCOP(=O)(O)OP(=O)(O)OP(=O)(O)OC[C@H]1O[C@@H](n2cc(C)c(=O)[nH]c2=O)C[C@@H]1O. The molecule has 2 rings (SSSR count). The minimum absolute atomic E-state index is 0.151. The van der Waals surface area contributed by atoms with Gasteiger partial charge >= 0.3 is 29.2 Å². The highest BCUT2D eigenvalue weighted by molar-refractivity contribution is 7.66. The summed E-state index contributed by atoms with van der Waals surface area (Å²) in [5.41, 5.74) is -1.21. The van der Waals surface area contributed by atoms with Gasteiger partial charge in [-0.2, -0.15) is 8.62 Å². The van der Waals surface area contributed by atoms with Crippen molar-refractivity contribution in [2.24, 2.45) is 0 Å². The van der Waals surface area contributed by atoms with E-state index in [0.29, 0.717) is 12.8 Å². The van der Waals surface area contributed by atoms with Crippen LogP contribution >= 0.6 is 23.5 Å². The average Bonchev–Trinajstić information content (AvgIpc) is 3.30. The largest absolute Gasteiger partial charge is 0.490 e. The van der Waals surface area contributed by atoms with Gasteiger partial charge in [0.2, 0.25) is 0 Å². The number of H-pyrrole nitrogens is 1. The van der Waals surface area contributed by atoms with E-state index in [1.165, 1.54) is 70.9 Å². The second kappa shape index (κ2) is 19.7. The maximum absolute atomic E-state index is 12.2. The van der Waals surface area contributed by atoms with Crippen LogP contribution in [0.5, 0.6) is 0 Å². The van der Waals surface area contributed by atoms with E-state index in [1.54, 1.807) is 0 Å². The number of hydrogen-bond donors (Lipinski definition) is 5. The fraction of sp³-hybridized carbons (Fsp3) is 0.846. The van der Waals surface area contributed by atoms with Crippen molar-refractivity contribution in [1.82, 2.24) is 9.55 Å². The molecule has 5 N–H and O–H groups in total. The minimum Gasteiger partial charge on any atom is -0.390 e. The van der Waals surface area contributed by atoms with Gasteiger partial charge in [0.1, 0.15) is 12.3 Å². The molecule has 1 aliphatic rings. The zero-order valence-corrected chi connectivity index (χ0v) is 28.7. The highest BCUT2D eigenvalue weighted by atomic mass is 31.3. The van der Waals surface area contributed by atoms with E-state index in [0.717, 1.165) is 23.8 Å². The molecule has 0 aromatic carbocycles. The summed E-state index contributed by atoms with van der Waals surface area (Å²) in [5.74, 6) is 0. The number of ether oxygens (including phenoxy) is 1. The van der Waals surface area contributed by atoms with E-state index in [4.69, 9.17) is 4.74 Å². The van der Waals surface area contributed by atoms with E-state index in [2.05, 4.69) is 29.6 Å². The quantitative estimate of drug-likeness (QED) is 0.0674. The Kier molecular flexibility index (Phi) is 17.6. The lowest BCUT2D eigenvalue weighted by Crippen LogP contribution is -2.33. The van der Waals surface area contributed by atoms with Gasteiger partial charge in [-0.15, -0.1) is 0 Å². The van der Waals surface area contributed by atoms with Crippen LogP contribution in [0, 0.1) is 6.92 Å². The van der Waals surface area contributed by atoms with Gasteiger partial charge in [0.05, 0.1) is 19.3 Å². The van der Waals surface area contributed by atoms with Crippen molar-refractivity contribution >= 4 is 23.5 Å². The fourth-order valence-electron chi connectivity index (χ4n) is 4.80. The van der Waals surface area contributed by atoms with Crippen molar-refractivity contribution in [1.29, 1.82) is 0 Å². The first-order chi connectivity index (χ1) is 21.1. The zero-order valence-electron chi connectivity index (χ0n) is 26.0. The molecular weight excluding hydrogens is 657 g/mol. The number of hydrogen-bond acceptors (Lipinski definition) is 11. The van der Waals surface area contributed by atoms with Crippen LogP contribution in [0.2, 0.25) is 0 Å². The summed E-state index contributed by atoms with van der Waals surface area (Å²) < 4.78 is 60.4. The third kappa shape index (κ3) is 16.1. The monoisotopic (exact) mass is 706 g/mol. The van der Waals surface area contributed by atoms with Crippen LogP contribution in [-0.4, -0.2) is 54.8 Å². The molecule has 0 spiro atoms. The second-order valence-electron chi connectivity index (χ2n) is 11.2. The van der Waals surface area contributed by atoms with Crippen molar-refractivity contribution < 1.29 is 55.9 Å². The summed E-state index contributed by atoms with van der Waals surface area (Å²) in [5, 5.41) is 10.2. The third-order valence-corrected chi connectivity index (χ3v) is 11.5. The standard InChI is InChI=1S/C26H49N2O14P3/c1-3-4-5-6-7-8-9-10-11-12-13-14-15-16-17-38-43(32,33)41-45(36,37)42-44(34,35)39-20-23-22(29)18-24(40-23)28-19-21(2)25(30)27-26(28)31/h19,22-24,29H,3-18,20H2,1-2H3,(H,32,33)(H,34,35)(H,36,37)(H,27,30,31)/t22-,23+,24+/m0/s1. The van der Waals surface area contributed by atoms with Gasteiger partial charge in [0, 0.05) is 18.2 Å². The molecule has 1 aromatic rings. The molecule has 0 aliphatic carbocycles. The van der Waals surface area contributed by atoms with Gasteiger partial charge in [-0.05, 0) is 13.3 Å². The molecule has 6 atom stereocenters. The molecule has 1 aromatic heterocycles. The Morgan fingerprint density at radius 1 is 0.822 bits per heavy atom. The van der Waals surface area contributed by atoms with Crippen molar-refractivity contribution in [3.8, 4) is 0 Å². The Bertz CT molecular complexity index is 1290. The Hall–Kier alpha value is -0.990. The van der Waals surface area contributed by atoms with Gasteiger partial charge in [0.15, 0.2) is 0 Å². The summed E-state index contributed by atoms with van der Waals surface area (Å²) in [4.78, 5) is 55.1. The third-order valence-electron chi connectivity index (χ3n) is 7.23. The number of aromatic amines is 1. The van der Waals surface area contributed by atoms with Crippen LogP contribution < -0.4 is 11.2 Å². The molecule has 0 amide bonds. The van der Waals surface area contributed by atoms with Gasteiger partial charge in [-0.3, -0.25) is 23.4 Å². The van der Waals surface area contributed by atoms with E-state index in [-0.39, 0.29) is 18.6 Å². The summed E-state index contributed by atoms with van der Waals surface area (Å²) in [6.45, 7) is 2.57. The van der Waals surface area contributed by atoms with Crippen molar-refractivity contribution in [3.63, 3.8) is 0 Å². The van der Waals surface area contributed by atoms with Crippen LogP contribution in [-0.2, 0) is 36.1 Å². The highest BCUT2D eigenvalue weighted by Gasteiger charge is 2.43. The maximum Gasteiger partial charge on any atom is 0.490 e. The number of rotatable bonds is 24. The molecule has 0 bridgehead atoms. The number of aromatic nitrogens is 2. The fourth-order valence-corrected chi connectivity index (χ4v) is 8.35. The van der Waals surface area contributed by atoms with E-state index in [9.17, 15) is 43.1 Å². The summed E-state index contributed by atoms with van der Waals surface area (Å²) in [7, 11) is -16.2. The number of phosphoric ester groups is 2. The van der Waals surface area contributed by atoms with Gasteiger partial charge < -0.3 is 24.5 Å². The molecule has 16 nitrogen and oxygen atoms in total. The van der Waals surface area contributed by atoms with Crippen molar-refractivity contribution in [2.45, 2.75) is 129 Å².